The minimum absolute atomic E-state index is 0.111. The molecular weight excluding hydrogens is 349 g/mol. The third-order valence-electron chi connectivity index (χ3n) is 5.15. The van der Waals surface area contributed by atoms with Gasteiger partial charge in [-0.25, -0.2) is 4.39 Å². The van der Waals surface area contributed by atoms with Gasteiger partial charge in [0.2, 0.25) is 0 Å². The molecule has 3 rings (SSSR count). The van der Waals surface area contributed by atoms with Gasteiger partial charge in [0.1, 0.15) is 5.82 Å². The Hall–Kier alpha value is -2.60. The second-order valence-electron chi connectivity index (χ2n) is 6.72. The van der Waals surface area contributed by atoms with Crippen LogP contribution in [0.25, 0.3) is 0 Å². The van der Waals surface area contributed by atoms with Gasteiger partial charge in [-0.1, -0.05) is 18.2 Å². The summed E-state index contributed by atoms with van der Waals surface area (Å²) in [5.74, 6) is -0.0553. The van der Waals surface area contributed by atoms with Crippen molar-refractivity contribution in [2.45, 2.75) is 18.9 Å². The molecule has 1 aliphatic heterocycles. The number of nitrogens with zero attached hydrogens (tertiary/aromatic N) is 1. The van der Waals surface area contributed by atoms with Gasteiger partial charge in [0.25, 0.3) is 0 Å². The Balaban J connectivity index is 1.96. The normalized spacial score (nSPS) is 16.7. The minimum Gasteiger partial charge on any atom is -0.493 e. The highest BCUT2D eigenvalue weighted by Gasteiger charge is 2.30. The summed E-state index contributed by atoms with van der Waals surface area (Å²) in [6, 6.07) is 12.1. The molecule has 6 heteroatoms. The molecular formula is C21H24FNO4. The predicted molar refractivity (Wildman–Crippen MR) is 99.7 cm³/mol. The van der Waals surface area contributed by atoms with E-state index in [1.54, 1.807) is 26.4 Å². The van der Waals surface area contributed by atoms with Crippen molar-refractivity contribution in [1.29, 1.82) is 0 Å². The van der Waals surface area contributed by atoms with Crippen molar-refractivity contribution in [3.63, 3.8) is 0 Å². The first kappa shape index (κ1) is 19.2. The molecule has 0 radical (unpaired) electrons. The van der Waals surface area contributed by atoms with Crippen LogP contribution in [0.15, 0.2) is 42.5 Å². The highest BCUT2D eigenvalue weighted by Crippen LogP contribution is 2.37. The fourth-order valence-electron chi connectivity index (χ4n) is 3.69. The number of likely N-dealkylation sites (tertiary alicyclic amines) is 1. The van der Waals surface area contributed by atoms with Crippen molar-refractivity contribution in [3.8, 4) is 11.5 Å². The number of hydrogen-bond donors (Lipinski definition) is 1. The average Bonchev–Trinajstić information content (AvgIpc) is 2.70. The summed E-state index contributed by atoms with van der Waals surface area (Å²) in [7, 11) is 3.18. The molecule has 144 valence electrons. The van der Waals surface area contributed by atoms with E-state index in [2.05, 4.69) is 4.90 Å². The molecule has 5 nitrogen and oxygen atoms in total. The first-order valence-electron chi connectivity index (χ1n) is 8.97. The number of hydrogen-bond acceptors (Lipinski definition) is 4. The summed E-state index contributed by atoms with van der Waals surface area (Å²) >= 11 is 0. The van der Waals surface area contributed by atoms with E-state index in [0.717, 1.165) is 11.1 Å². The summed E-state index contributed by atoms with van der Waals surface area (Å²) < 4.78 is 24.2. The zero-order valence-corrected chi connectivity index (χ0v) is 15.5. The number of halogens is 1. The summed E-state index contributed by atoms with van der Waals surface area (Å²) in [4.78, 5) is 13.5. The molecule has 2 aromatic rings. The Morgan fingerprint density at radius 3 is 2.19 bits per heavy atom. The van der Waals surface area contributed by atoms with Crippen LogP contribution >= 0.6 is 0 Å². The van der Waals surface area contributed by atoms with E-state index in [-0.39, 0.29) is 17.8 Å². The molecule has 0 saturated carbocycles. The van der Waals surface area contributed by atoms with Crippen LogP contribution in [0.3, 0.4) is 0 Å². The summed E-state index contributed by atoms with van der Waals surface area (Å²) in [5.41, 5.74) is 1.95. The van der Waals surface area contributed by atoms with Gasteiger partial charge in [0.05, 0.1) is 26.2 Å². The maximum absolute atomic E-state index is 13.4. The summed E-state index contributed by atoms with van der Waals surface area (Å²) in [6.07, 6.45) is 1.20. The number of carboxylic acid groups (broad SMARTS) is 1. The van der Waals surface area contributed by atoms with Crippen LogP contribution in [0, 0.1) is 11.7 Å². The van der Waals surface area contributed by atoms with Crippen LogP contribution in [0.5, 0.6) is 11.5 Å². The Morgan fingerprint density at radius 2 is 1.63 bits per heavy atom. The van der Waals surface area contributed by atoms with E-state index in [0.29, 0.717) is 37.4 Å². The van der Waals surface area contributed by atoms with Crippen LogP contribution in [0.4, 0.5) is 4.39 Å². The molecule has 1 atom stereocenters. The van der Waals surface area contributed by atoms with Gasteiger partial charge in [-0.3, -0.25) is 9.69 Å². The van der Waals surface area contributed by atoms with E-state index >= 15 is 0 Å². The molecule has 0 aliphatic carbocycles. The molecule has 0 aromatic heterocycles. The van der Waals surface area contributed by atoms with Gasteiger partial charge in [-0.05, 0) is 61.3 Å². The zero-order chi connectivity index (χ0) is 19.4. The number of piperidine rings is 1. The molecule has 1 heterocycles. The van der Waals surface area contributed by atoms with Crippen molar-refractivity contribution in [1.82, 2.24) is 4.90 Å². The molecule has 0 spiro atoms. The fourth-order valence-corrected chi connectivity index (χ4v) is 3.69. The lowest BCUT2D eigenvalue weighted by atomic mass is 9.91. The van der Waals surface area contributed by atoms with Crippen molar-refractivity contribution in [3.05, 3.63) is 59.4 Å². The van der Waals surface area contributed by atoms with E-state index in [1.807, 2.05) is 18.2 Å². The minimum atomic E-state index is -0.737. The van der Waals surface area contributed by atoms with Crippen LogP contribution < -0.4 is 9.47 Å². The predicted octanol–water partition coefficient (Wildman–Crippen LogP) is 3.73. The van der Waals surface area contributed by atoms with Crippen LogP contribution in [0.1, 0.15) is 30.0 Å². The lowest BCUT2D eigenvalue weighted by molar-refractivity contribution is -0.143. The van der Waals surface area contributed by atoms with Crippen molar-refractivity contribution >= 4 is 5.97 Å². The smallest absolute Gasteiger partial charge is 0.306 e. The lowest BCUT2D eigenvalue weighted by Gasteiger charge is -2.37. The second kappa shape index (κ2) is 8.39. The molecule has 0 amide bonds. The van der Waals surface area contributed by atoms with Gasteiger partial charge < -0.3 is 14.6 Å². The van der Waals surface area contributed by atoms with E-state index in [9.17, 15) is 14.3 Å². The average molecular weight is 373 g/mol. The zero-order valence-electron chi connectivity index (χ0n) is 15.5. The third-order valence-corrected chi connectivity index (χ3v) is 5.15. The van der Waals surface area contributed by atoms with Crippen LogP contribution in [-0.4, -0.2) is 43.3 Å². The van der Waals surface area contributed by atoms with Gasteiger partial charge in [0, 0.05) is 0 Å². The number of benzene rings is 2. The second-order valence-corrected chi connectivity index (χ2v) is 6.72. The van der Waals surface area contributed by atoms with Crippen LogP contribution in [-0.2, 0) is 4.79 Å². The van der Waals surface area contributed by atoms with Crippen molar-refractivity contribution < 1.29 is 23.8 Å². The molecule has 27 heavy (non-hydrogen) atoms. The summed E-state index contributed by atoms with van der Waals surface area (Å²) in [5, 5.41) is 9.26. The Bertz CT molecular complexity index is 785. The molecule has 2 aromatic carbocycles. The van der Waals surface area contributed by atoms with E-state index in [1.165, 1.54) is 12.1 Å². The molecule has 1 fully saturated rings. The van der Waals surface area contributed by atoms with Gasteiger partial charge >= 0.3 is 5.97 Å². The van der Waals surface area contributed by atoms with Crippen molar-refractivity contribution in [2.24, 2.45) is 5.92 Å². The van der Waals surface area contributed by atoms with Gasteiger partial charge in [-0.2, -0.15) is 0 Å². The maximum Gasteiger partial charge on any atom is 0.306 e. The summed E-state index contributed by atoms with van der Waals surface area (Å²) in [6.45, 7) is 1.32. The first-order valence-corrected chi connectivity index (χ1v) is 8.97. The third kappa shape index (κ3) is 4.22. The topological polar surface area (TPSA) is 59.0 Å². The first-order chi connectivity index (χ1) is 13.0. The molecule has 0 bridgehead atoms. The van der Waals surface area contributed by atoms with E-state index < -0.39 is 5.97 Å². The monoisotopic (exact) mass is 373 g/mol. The molecule has 1 saturated heterocycles. The Labute approximate surface area is 158 Å². The number of carbonyl (C=O) groups is 1. The number of rotatable bonds is 6. The molecule has 1 N–H and O–H groups in total. The van der Waals surface area contributed by atoms with Gasteiger partial charge in [0.15, 0.2) is 11.5 Å². The fraction of sp³-hybridized carbons (Fsp3) is 0.381. The Morgan fingerprint density at radius 1 is 1.04 bits per heavy atom. The van der Waals surface area contributed by atoms with E-state index in [4.69, 9.17) is 9.47 Å². The van der Waals surface area contributed by atoms with Gasteiger partial charge in [-0.15, -0.1) is 0 Å². The molecule has 1 aliphatic rings. The Kier molecular flexibility index (Phi) is 5.96. The highest BCUT2D eigenvalue weighted by atomic mass is 19.1. The maximum atomic E-state index is 13.4. The number of aliphatic carboxylic acids is 1. The standard InChI is InChI=1S/C21H24FNO4/c1-26-18-8-5-16(13-19(18)27-2)20(14-3-6-17(22)7-4-14)23-11-9-15(10-12-23)21(24)25/h3-8,13,15,20H,9-12H2,1-2H3,(H,24,25). The number of carboxylic acids is 1. The van der Waals surface area contributed by atoms with Crippen molar-refractivity contribution in [2.75, 3.05) is 27.3 Å². The van der Waals surface area contributed by atoms with Crippen LogP contribution in [0.2, 0.25) is 0 Å². The quantitative estimate of drug-likeness (QED) is 0.836. The highest BCUT2D eigenvalue weighted by molar-refractivity contribution is 5.70. The molecule has 1 unspecified atom stereocenters. The number of ether oxygens (including phenoxy) is 2. The lowest BCUT2D eigenvalue weighted by Crippen LogP contribution is -2.39. The number of methoxy groups -OCH3 is 2. The largest absolute Gasteiger partial charge is 0.493 e. The SMILES string of the molecule is COc1ccc(C(c2ccc(F)cc2)N2CCC(C(=O)O)CC2)cc1OC.